The van der Waals surface area contributed by atoms with Crippen molar-refractivity contribution in [3.05, 3.63) is 69.5 Å². The van der Waals surface area contributed by atoms with E-state index in [9.17, 15) is 0 Å². The fraction of sp³-hybridized carbons (Fsp3) is 0.200. The summed E-state index contributed by atoms with van der Waals surface area (Å²) in [7, 11) is 1.99. The van der Waals surface area contributed by atoms with Gasteiger partial charge < -0.3 is 0 Å². The SMILES string of the molecule is Cc1ccc(SC2=C3CCC4=NN(c5ccc(C)cc5)S(=C43)S2)cc1. The first kappa shape index (κ1) is 15.8. The van der Waals surface area contributed by atoms with E-state index in [1.165, 1.54) is 36.5 Å². The van der Waals surface area contributed by atoms with Crippen molar-refractivity contribution in [3.63, 3.8) is 0 Å². The molecular weight excluding hydrogens is 364 g/mol. The quantitative estimate of drug-likeness (QED) is 0.458. The summed E-state index contributed by atoms with van der Waals surface area (Å²) in [5.74, 6) is 0. The Kier molecular flexibility index (Phi) is 3.84. The average Bonchev–Trinajstić information content (AvgIpc) is 3.27. The van der Waals surface area contributed by atoms with Crippen molar-refractivity contribution in [3.8, 4) is 0 Å². The molecule has 25 heavy (non-hydrogen) atoms. The molecule has 1 fully saturated rings. The number of hydrogen-bond acceptors (Lipinski definition) is 4. The molecule has 1 saturated carbocycles. The number of hydrazone groups is 1. The van der Waals surface area contributed by atoms with Gasteiger partial charge in [-0.15, -0.1) is 0 Å². The third-order valence-corrected chi connectivity index (χ3v) is 10.2. The smallest absolute Gasteiger partial charge is 0.0780 e. The van der Waals surface area contributed by atoms with E-state index in [1.807, 2.05) is 22.6 Å². The Morgan fingerprint density at radius 3 is 2.36 bits per heavy atom. The van der Waals surface area contributed by atoms with Crippen molar-refractivity contribution in [2.45, 2.75) is 31.6 Å². The van der Waals surface area contributed by atoms with E-state index in [0.717, 1.165) is 12.8 Å². The summed E-state index contributed by atoms with van der Waals surface area (Å²) in [6.45, 7) is 4.27. The highest BCUT2D eigenvalue weighted by atomic mass is 33.1. The van der Waals surface area contributed by atoms with Gasteiger partial charge in [-0.2, -0.15) is 5.10 Å². The lowest BCUT2D eigenvalue weighted by molar-refractivity contribution is 1.09. The molecule has 2 aromatic carbocycles. The monoisotopic (exact) mass is 382 g/mol. The van der Waals surface area contributed by atoms with E-state index < -0.39 is 0 Å². The van der Waals surface area contributed by atoms with Crippen LogP contribution in [0.4, 0.5) is 5.69 Å². The van der Waals surface area contributed by atoms with Crippen LogP contribution in [0.3, 0.4) is 0 Å². The van der Waals surface area contributed by atoms with E-state index in [2.05, 4.69) is 66.8 Å². The zero-order valence-corrected chi connectivity index (χ0v) is 16.6. The molecule has 0 aromatic heterocycles. The number of aryl methyl sites for hydroxylation is 2. The van der Waals surface area contributed by atoms with Crippen LogP contribution in [0.2, 0.25) is 0 Å². The average molecular weight is 383 g/mol. The molecule has 0 radical (unpaired) electrons. The van der Waals surface area contributed by atoms with E-state index in [0.29, 0.717) is 0 Å². The third kappa shape index (κ3) is 2.69. The number of thioether (sulfide) groups is 1. The van der Waals surface area contributed by atoms with Gasteiger partial charge in [0.15, 0.2) is 0 Å². The predicted octanol–water partition coefficient (Wildman–Crippen LogP) is 6.30. The fourth-order valence-electron chi connectivity index (χ4n) is 3.19. The molecule has 5 heteroatoms. The van der Waals surface area contributed by atoms with E-state index in [1.54, 1.807) is 5.57 Å². The van der Waals surface area contributed by atoms with Crippen LogP contribution in [0.1, 0.15) is 24.0 Å². The number of rotatable bonds is 3. The van der Waals surface area contributed by atoms with E-state index in [-0.39, 0.29) is 9.70 Å². The molecular formula is C20H18N2S3. The van der Waals surface area contributed by atoms with Gasteiger partial charge in [-0.05, 0) is 67.3 Å². The molecule has 2 aliphatic heterocycles. The molecule has 0 bridgehead atoms. The summed E-state index contributed by atoms with van der Waals surface area (Å²) in [6.07, 6.45) is 2.25. The zero-order valence-electron chi connectivity index (χ0n) is 14.2. The summed E-state index contributed by atoms with van der Waals surface area (Å²) in [4.78, 5) is 2.85. The molecule has 1 unspecified atom stereocenters. The lowest BCUT2D eigenvalue weighted by Crippen LogP contribution is -2.04. The van der Waals surface area contributed by atoms with Gasteiger partial charge in [0.1, 0.15) is 0 Å². The van der Waals surface area contributed by atoms with Gasteiger partial charge in [-0.25, -0.2) is 4.41 Å². The molecule has 2 heterocycles. The van der Waals surface area contributed by atoms with Crippen LogP contribution in [0.5, 0.6) is 0 Å². The standard InChI is InChI=1S/C20H18N2S3/c1-13-3-7-15(8-4-13)22-21-18-12-11-17-19(18)25(22)24-20(17)23-16-9-5-14(2)6-10-16/h3-10H,11-12H2,1-2H3. The third-order valence-electron chi connectivity index (χ3n) is 4.58. The van der Waals surface area contributed by atoms with Crippen LogP contribution in [-0.2, 0) is 0 Å². The van der Waals surface area contributed by atoms with Gasteiger partial charge in [-0.3, -0.25) is 0 Å². The molecule has 126 valence electrons. The molecule has 1 aliphatic carbocycles. The second-order valence-corrected chi connectivity index (χ2v) is 11.1. The van der Waals surface area contributed by atoms with Crippen molar-refractivity contribution in [2.24, 2.45) is 5.10 Å². The molecule has 0 amide bonds. The number of anilines is 1. The summed E-state index contributed by atoms with van der Waals surface area (Å²) in [6, 6.07) is 17.6. The maximum Gasteiger partial charge on any atom is 0.0780 e. The van der Waals surface area contributed by atoms with Crippen molar-refractivity contribution in [2.75, 3.05) is 4.41 Å². The van der Waals surface area contributed by atoms with Crippen LogP contribution in [0.25, 0.3) is 0 Å². The minimum Gasteiger partial charge on any atom is -0.202 e. The van der Waals surface area contributed by atoms with Crippen LogP contribution >= 0.6 is 32.3 Å². The molecule has 3 aliphatic rings. The summed E-state index contributed by atoms with van der Waals surface area (Å²) in [5, 5.41) is 4.95. The first-order chi connectivity index (χ1) is 12.2. The molecule has 0 spiro atoms. The number of nitrogens with zero attached hydrogens (tertiary/aromatic N) is 2. The number of benzene rings is 2. The number of allylic oxidation sites excluding steroid dienone is 1. The molecule has 0 saturated heterocycles. The van der Waals surface area contributed by atoms with Gasteiger partial charge in [0.05, 0.1) is 20.5 Å². The minimum absolute atomic E-state index is 0.00103. The molecule has 2 aromatic rings. The molecule has 2 nitrogen and oxygen atoms in total. The zero-order chi connectivity index (χ0) is 17.0. The minimum atomic E-state index is -0.00103. The van der Waals surface area contributed by atoms with Crippen molar-refractivity contribution >= 4 is 48.5 Å². The van der Waals surface area contributed by atoms with E-state index in [4.69, 9.17) is 5.10 Å². The Hall–Kier alpha value is -1.43. The van der Waals surface area contributed by atoms with Gasteiger partial charge in [-0.1, -0.05) is 47.2 Å². The summed E-state index contributed by atoms with van der Waals surface area (Å²) >= 11 is 1.92. The van der Waals surface area contributed by atoms with Gasteiger partial charge in [0.2, 0.25) is 0 Å². The van der Waals surface area contributed by atoms with Crippen molar-refractivity contribution in [1.29, 1.82) is 0 Å². The Morgan fingerprint density at radius 2 is 1.64 bits per heavy atom. The maximum atomic E-state index is 4.95. The lowest BCUT2D eigenvalue weighted by atomic mass is 10.2. The maximum absolute atomic E-state index is 4.95. The predicted molar refractivity (Wildman–Crippen MR) is 115 cm³/mol. The van der Waals surface area contributed by atoms with Gasteiger partial charge >= 0.3 is 0 Å². The van der Waals surface area contributed by atoms with Gasteiger partial charge in [0, 0.05) is 14.6 Å². The Bertz CT molecular complexity index is 953. The summed E-state index contributed by atoms with van der Waals surface area (Å²) < 4.78 is 3.72. The highest BCUT2D eigenvalue weighted by molar-refractivity contribution is 8.88. The second-order valence-electron chi connectivity index (χ2n) is 6.50. The highest BCUT2D eigenvalue weighted by Crippen LogP contribution is 2.61. The van der Waals surface area contributed by atoms with Crippen molar-refractivity contribution < 1.29 is 0 Å². The molecule has 1 atom stereocenters. The highest BCUT2D eigenvalue weighted by Gasteiger charge is 2.40. The van der Waals surface area contributed by atoms with E-state index >= 15 is 0 Å². The fourth-order valence-corrected chi connectivity index (χ4v) is 9.61. The summed E-state index contributed by atoms with van der Waals surface area (Å²) in [5.41, 5.74) is 6.67. The van der Waals surface area contributed by atoms with Crippen molar-refractivity contribution in [1.82, 2.24) is 0 Å². The van der Waals surface area contributed by atoms with Crippen LogP contribution < -0.4 is 4.41 Å². The largest absolute Gasteiger partial charge is 0.202 e. The first-order valence-electron chi connectivity index (χ1n) is 8.41. The van der Waals surface area contributed by atoms with Crippen LogP contribution in [0, 0.1) is 13.8 Å². The van der Waals surface area contributed by atoms with Crippen LogP contribution in [0.15, 0.2) is 68.3 Å². The Balaban J connectivity index is 1.46. The topological polar surface area (TPSA) is 15.6 Å². The number of hydrogen-bond donors (Lipinski definition) is 0. The Labute approximate surface area is 158 Å². The molecule has 0 N–H and O–H groups in total. The molecule has 5 rings (SSSR count). The van der Waals surface area contributed by atoms with Gasteiger partial charge in [0.25, 0.3) is 0 Å². The lowest BCUT2D eigenvalue weighted by Gasteiger charge is -2.18. The normalized spacial score (nSPS) is 21.2. The first-order valence-corrected chi connectivity index (χ1v) is 11.7. The van der Waals surface area contributed by atoms with Crippen LogP contribution in [-0.4, -0.2) is 10.6 Å². The second kappa shape index (κ2) is 6.08. The Morgan fingerprint density at radius 1 is 0.960 bits per heavy atom.